The number of hydrogen-bond donors (Lipinski definition) is 1. The maximum Gasteiger partial charge on any atom is 0.294 e. The van der Waals surface area contributed by atoms with Gasteiger partial charge in [0.15, 0.2) is 0 Å². The van der Waals surface area contributed by atoms with Gasteiger partial charge in [0.1, 0.15) is 12.4 Å². The Labute approximate surface area is 182 Å². The van der Waals surface area contributed by atoms with E-state index in [9.17, 15) is 18.8 Å². The topological polar surface area (TPSA) is 71.4 Å². The van der Waals surface area contributed by atoms with Gasteiger partial charge in [-0.25, -0.2) is 4.39 Å². The van der Waals surface area contributed by atoms with Crippen molar-refractivity contribution in [2.45, 2.75) is 6.92 Å². The standard InChI is InChI=1S/C23H18FN3O3S/c1-15-7-9-18(10-8-15)26-11-3-6-19(26)13-20-22(29)27(23(30)31-20)14-21(28)25-17-5-2-4-16(24)12-17/h2-13H,14H2,1H3,(H,25,28)/b20-13+. The molecule has 4 rings (SSSR count). The number of carbonyl (C=O) groups is 3. The van der Waals surface area contributed by atoms with E-state index in [1.807, 2.05) is 54.1 Å². The molecule has 0 bridgehead atoms. The van der Waals surface area contributed by atoms with Crippen molar-refractivity contribution in [3.05, 3.63) is 88.8 Å². The predicted molar refractivity (Wildman–Crippen MR) is 118 cm³/mol. The quantitative estimate of drug-likeness (QED) is 0.595. The summed E-state index contributed by atoms with van der Waals surface area (Å²) in [6.45, 7) is 1.55. The van der Waals surface area contributed by atoms with Crippen molar-refractivity contribution in [3.8, 4) is 5.69 Å². The number of imide groups is 1. The van der Waals surface area contributed by atoms with Gasteiger partial charge in [-0.2, -0.15) is 0 Å². The first-order valence-electron chi connectivity index (χ1n) is 9.46. The first-order chi connectivity index (χ1) is 14.9. The lowest BCUT2D eigenvalue weighted by molar-refractivity contribution is -0.127. The van der Waals surface area contributed by atoms with E-state index in [1.165, 1.54) is 18.2 Å². The van der Waals surface area contributed by atoms with Gasteiger partial charge in [0.2, 0.25) is 5.91 Å². The van der Waals surface area contributed by atoms with Crippen LogP contribution in [0, 0.1) is 12.7 Å². The minimum absolute atomic E-state index is 0.232. The molecule has 156 valence electrons. The van der Waals surface area contributed by atoms with Gasteiger partial charge in [-0.3, -0.25) is 19.3 Å². The van der Waals surface area contributed by atoms with Gasteiger partial charge in [0, 0.05) is 23.3 Å². The summed E-state index contributed by atoms with van der Waals surface area (Å²) in [5.74, 6) is -1.62. The highest BCUT2D eigenvalue weighted by Crippen LogP contribution is 2.32. The monoisotopic (exact) mass is 435 g/mol. The SMILES string of the molecule is Cc1ccc(-n2cccc2/C=C2/SC(=O)N(CC(=O)Nc3cccc(F)c3)C2=O)cc1. The second kappa shape index (κ2) is 8.61. The van der Waals surface area contributed by atoms with Crippen LogP contribution >= 0.6 is 11.8 Å². The molecule has 2 heterocycles. The van der Waals surface area contributed by atoms with Crippen LogP contribution in [0.2, 0.25) is 0 Å². The number of benzene rings is 2. The summed E-state index contributed by atoms with van der Waals surface area (Å²) in [4.78, 5) is 38.4. The van der Waals surface area contributed by atoms with Crippen LogP contribution in [0.25, 0.3) is 11.8 Å². The fourth-order valence-electron chi connectivity index (χ4n) is 3.13. The third-order valence-corrected chi connectivity index (χ3v) is 5.56. The Morgan fingerprint density at radius 3 is 2.61 bits per heavy atom. The molecule has 1 fully saturated rings. The van der Waals surface area contributed by atoms with E-state index in [4.69, 9.17) is 0 Å². The maximum atomic E-state index is 13.3. The second-order valence-corrected chi connectivity index (χ2v) is 7.96. The highest BCUT2D eigenvalue weighted by atomic mass is 32.2. The van der Waals surface area contributed by atoms with Crippen molar-refractivity contribution in [1.82, 2.24) is 9.47 Å². The summed E-state index contributed by atoms with van der Waals surface area (Å²) >= 11 is 0.782. The first-order valence-corrected chi connectivity index (χ1v) is 10.3. The molecule has 1 aliphatic heterocycles. The van der Waals surface area contributed by atoms with Gasteiger partial charge >= 0.3 is 0 Å². The number of nitrogens with one attached hydrogen (secondary N) is 1. The number of halogens is 1. The van der Waals surface area contributed by atoms with Crippen LogP contribution in [-0.4, -0.2) is 33.1 Å². The van der Waals surface area contributed by atoms with Crippen molar-refractivity contribution < 1.29 is 18.8 Å². The number of aryl methyl sites for hydroxylation is 1. The van der Waals surface area contributed by atoms with Crippen LogP contribution in [0.1, 0.15) is 11.3 Å². The Hall–Kier alpha value is -3.65. The Bertz CT molecular complexity index is 1200. The molecule has 1 saturated heterocycles. The molecule has 3 amide bonds. The number of thioether (sulfide) groups is 1. The van der Waals surface area contributed by atoms with Crippen molar-refractivity contribution in [2.24, 2.45) is 0 Å². The van der Waals surface area contributed by atoms with Gasteiger partial charge in [-0.05, 0) is 67.2 Å². The molecule has 1 N–H and O–H groups in total. The molecule has 0 saturated carbocycles. The Kier molecular flexibility index (Phi) is 5.73. The van der Waals surface area contributed by atoms with Crippen molar-refractivity contribution in [1.29, 1.82) is 0 Å². The Morgan fingerprint density at radius 2 is 1.87 bits per heavy atom. The Morgan fingerprint density at radius 1 is 1.10 bits per heavy atom. The summed E-state index contributed by atoms with van der Waals surface area (Å²) in [5.41, 5.74) is 3.05. The van der Waals surface area contributed by atoms with E-state index in [0.29, 0.717) is 0 Å². The summed E-state index contributed by atoms with van der Waals surface area (Å²) in [7, 11) is 0. The van der Waals surface area contributed by atoms with Crippen molar-refractivity contribution in [3.63, 3.8) is 0 Å². The van der Waals surface area contributed by atoms with E-state index in [-0.39, 0.29) is 10.6 Å². The van der Waals surface area contributed by atoms with Crippen LogP contribution in [0.15, 0.2) is 71.8 Å². The summed E-state index contributed by atoms with van der Waals surface area (Å²) in [6, 6.07) is 17.0. The molecule has 0 aliphatic carbocycles. The molecule has 2 aromatic carbocycles. The molecule has 31 heavy (non-hydrogen) atoms. The van der Waals surface area contributed by atoms with E-state index in [2.05, 4.69) is 5.32 Å². The minimum atomic E-state index is -0.586. The van der Waals surface area contributed by atoms with Crippen LogP contribution in [0.5, 0.6) is 0 Å². The molecular formula is C23H18FN3O3S. The number of aromatic nitrogens is 1. The van der Waals surface area contributed by atoms with Gasteiger partial charge in [-0.15, -0.1) is 0 Å². The van der Waals surface area contributed by atoms with Gasteiger partial charge in [0.25, 0.3) is 11.1 Å². The number of hydrogen-bond acceptors (Lipinski definition) is 4. The molecule has 6 nitrogen and oxygen atoms in total. The summed E-state index contributed by atoms with van der Waals surface area (Å²) in [5, 5.41) is 1.96. The fraction of sp³-hybridized carbons (Fsp3) is 0.0870. The van der Waals surface area contributed by atoms with Gasteiger partial charge in [0.05, 0.1) is 4.91 Å². The van der Waals surface area contributed by atoms with E-state index in [0.717, 1.165) is 39.7 Å². The average molecular weight is 435 g/mol. The summed E-state index contributed by atoms with van der Waals surface area (Å²) < 4.78 is 15.2. The smallest absolute Gasteiger partial charge is 0.294 e. The fourth-order valence-corrected chi connectivity index (χ4v) is 3.96. The number of carbonyl (C=O) groups excluding carboxylic acids is 3. The number of amides is 3. The molecule has 1 aliphatic rings. The lowest BCUT2D eigenvalue weighted by Crippen LogP contribution is -2.36. The number of rotatable bonds is 5. The van der Waals surface area contributed by atoms with Crippen LogP contribution < -0.4 is 5.32 Å². The number of nitrogens with zero attached hydrogens (tertiary/aromatic N) is 2. The zero-order chi connectivity index (χ0) is 22.0. The van der Waals surface area contributed by atoms with E-state index < -0.39 is 29.4 Å². The molecule has 0 spiro atoms. The normalized spacial score (nSPS) is 15.0. The van der Waals surface area contributed by atoms with Gasteiger partial charge in [-0.1, -0.05) is 23.8 Å². The molecular weight excluding hydrogens is 417 g/mol. The lowest BCUT2D eigenvalue weighted by Gasteiger charge is -2.12. The van der Waals surface area contributed by atoms with E-state index in [1.54, 1.807) is 6.08 Å². The van der Waals surface area contributed by atoms with Crippen LogP contribution in [0.4, 0.5) is 14.9 Å². The number of anilines is 1. The largest absolute Gasteiger partial charge is 0.324 e. The molecule has 1 aromatic heterocycles. The molecule has 0 atom stereocenters. The minimum Gasteiger partial charge on any atom is -0.324 e. The maximum absolute atomic E-state index is 13.3. The molecule has 0 radical (unpaired) electrons. The predicted octanol–water partition coefficient (Wildman–Crippen LogP) is 4.60. The third kappa shape index (κ3) is 4.59. The summed E-state index contributed by atoms with van der Waals surface area (Å²) in [6.07, 6.45) is 3.50. The van der Waals surface area contributed by atoms with Gasteiger partial charge < -0.3 is 9.88 Å². The molecule has 3 aromatic rings. The average Bonchev–Trinajstić information content (AvgIpc) is 3.29. The van der Waals surface area contributed by atoms with Crippen LogP contribution in [-0.2, 0) is 9.59 Å². The zero-order valence-electron chi connectivity index (χ0n) is 16.5. The highest BCUT2D eigenvalue weighted by molar-refractivity contribution is 8.18. The first kappa shape index (κ1) is 20.6. The third-order valence-electron chi connectivity index (χ3n) is 4.66. The highest BCUT2D eigenvalue weighted by Gasteiger charge is 2.36. The molecule has 0 unspecified atom stereocenters. The van der Waals surface area contributed by atoms with Crippen molar-refractivity contribution >= 4 is 40.6 Å². The Balaban J connectivity index is 1.50. The zero-order valence-corrected chi connectivity index (χ0v) is 17.4. The second-order valence-electron chi connectivity index (χ2n) is 6.96. The van der Waals surface area contributed by atoms with E-state index >= 15 is 0 Å². The molecule has 8 heteroatoms. The van der Waals surface area contributed by atoms with Crippen molar-refractivity contribution in [2.75, 3.05) is 11.9 Å². The lowest BCUT2D eigenvalue weighted by atomic mass is 10.2. The van der Waals surface area contributed by atoms with Crippen LogP contribution in [0.3, 0.4) is 0 Å².